The van der Waals surface area contributed by atoms with Crippen molar-refractivity contribution < 1.29 is 19.0 Å². The van der Waals surface area contributed by atoms with Gasteiger partial charge in [0.1, 0.15) is 18.1 Å². The third-order valence-electron chi connectivity index (χ3n) is 9.06. The largest absolute Gasteiger partial charge is 0.496 e. The van der Waals surface area contributed by atoms with Crippen LogP contribution in [0, 0.1) is 17.8 Å². The number of methoxy groups -OCH3 is 1. The maximum atomic E-state index is 11.9. The van der Waals surface area contributed by atoms with Crippen LogP contribution >= 0.6 is 0 Å². The monoisotopic (exact) mass is 522 g/mol. The second kappa shape index (κ2) is 10.9. The number of hydrogen-bond acceptors (Lipinski definition) is 4. The van der Waals surface area contributed by atoms with Gasteiger partial charge in [0.05, 0.1) is 13.7 Å². The van der Waals surface area contributed by atoms with Gasteiger partial charge < -0.3 is 14.2 Å². The molecule has 4 bridgehead atoms. The molecule has 4 aliphatic carbocycles. The van der Waals surface area contributed by atoms with Crippen molar-refractivity contribution in [2.75, 3.05) is 13.7 Å². The van der Waals surface area contributed by atoms with Crippen molar-refractivity contribution in [3.05, 3.63) is 89.5 Å². The molecule has 4 fully saturated rings. The van der Waals surface area contributed by atoms with E-state index < -0.39 is 0 Å². The molecule has 3 aromatic rings. The second-order valence-electron chi connectivity index (χ2n) is 11.7. The fourth-order valence-electron chi connectivity index (χ4n) is 7.82. The van der Waals surface area contributed by atoms with E-state index in [0.29, 0.717) is 13.2 Å². The first kappa shape index (κ1) is 25.7. The zero-order valence-corrected chi connectivity index (χ0v) is 23.0. The number of esters is 1. The number of rotatable bonds is 9. The molecule has 0 aliphatic heterocycles. The average Bonchev–Trinajstić information content (AvgIpc) is 2.95. The Morgan fingerprint density at radius 3 is 2.26 bits per heavy atom. The zero-order chi connectivity index (χ0) is 26.8. The highest BCUT2D eigenvalue weighted by Crippen LogP contribution is 2.62. The summed E-state index contributed by atoms with van der Waals surface area (Å²) in [5.41, 5.74) is 5.80. The van der Waals surface area contributed by atoms with Gasteiger partial charge in [0.15, 0.2) is 0 Å². The molecule has 3 aromatic carbocycles. The smallest absolute Gasteiger partial charge is 0.330 e. The Labute approximate surface area is 232 Å². The lowest BCUT2D eigenvalue weighted by molar-refractivity contribution is -0.137. The van der Waals surface area contributed by atoms with E-state index in [1.54, 1.807) is 13.2 Å². The van der Waals surface area contributed by atoms with Gasteiger partial charge in [0, 0.05) is 17.2 Å². The van der Waals surface area contributed by atoms with E-state index in [0.717, 1.165) is 45.9 Å². The van der Waals surface area contributed by atoms with Gasteiger partial charge in [-0.25, -0.2) is 4.79 Å². The van der Waals surface area contributed by atoms with Crippen molar-refractivity contribution in [2.24, 2.45) is 17.8 Å². The third kappa shape index (κ3) is 5.34. The summed E-state index contributed by atoms with van der Waals surface area (Å²) in [5, 5.41) is 0. The minimum atomic E-state index is -0.334. The molecule has 0 atom stereocenters. The van der Waals surface area contributed by atoms with Crippen LogP contribution in [0.5, 0.6) is 11.5 Å². The first-order valence-corrected chi connectivity index (χ1v) is 14.4. The molecule has 4 saturated carbocycles. The summed E-state index contributed by atoms with van der Waals surface area (Å²) < 4.78 is 17.4. The van der Waals surface area contributed by atoms with Crippen molar-refractivity contribution in [3.8, 4) is 22.6 Å². The number of carbonyl (C=O) groups excluding carboxylic acids is 1. The number of carbonyl (C=O) groups is 1. The molecule has 4 aliphatic rings. The molecule has 0 heterocycles. The summed E-state index contributed by atoms with van der Waals surface area (Å²) in [5.74, 6) is 4.02. The van der Waals surface area contributed by atoms with Crippen molar-refractivity contribution in [1.82, 2.24) is 0 Å². The number of ether oxygens (including phenoxy) is 3. The molecule has 0 unspecified atom stereocenters. The Morgan fingerprint density at radius 2 is 1.59 bits per heavy atom. The van der Waals surface area contributed by atoms with Crippen LogP contribution in [-0.2, 0) is 21.6 Å². The highest BCUT2D eigenvalue weighted by Gasteiger charge is 2.52. The Kier molecular flexibility index (Phi) is 7.20. The molecule has 0 amide bonds. The fraction of sp³-hybridized carbons (Fsp3) is 0.400. The Balaban J connectivity index is 1.39. The maximum absolute atomic E-state index is 11.9. The van der Waals surface area contributed by atoms with Gasteiger partial charge in [0.2, 0.25) is 0 Å². The summed E-state index contributed by atoms with van der Waals surface area (Å²) in [6.07, 6.45) is 11.3. The van der Waals surface area contributed by atoms with E-state index >= 15 is 0 Å². The van der Waals surface area contributed by atoms with Gasteiger partial charge >= 0.3 is 5.97 Å². The summed E-state index contributed by atoms with van der Waals surface area (Å²) in [7, 11) is 1.71. The molecular weight excluding hydrogens is 484 g/mol. The predicted octanol–water partition coefficient (Wildman–Crippen LogP) is 7.99. The molecule has 0 N–H and O–H groups in total. The van der Waals surface area contributed by atoms with Crippen LogP contribution in [0.1, 0.15) is 62.1 Å². The lowest BCUT2D eigenvalue weighted by atomic mass is 9.48. The molecule has 0 saturated heterocycles. The van der Waals surface area contributed by atoms with E-state index in [-0.39, 0.29) is 11.4 Å². The first-order chi connectivity index (χ1) is 19.0. The lowest BCUT2D eigenvalue weighted by Crippen LogP contribution is -2.48. The fourth-order valence-corrected chi connectivity index (χ4v) is 7.82. The van der Waals surface area contributed by atoms with Gasteiger partial charge in [0.25, 0.3) is 0 Å². The van der Waals surface area contributed by atoms with Crippen LogP contribution in [0.15, 0.2) is 72.8 Å². The molecular formula is C35H38O4. The molecule has 0 spiro atoms. The third-order valence-corrected chi connectivity index (χ3v) is 9.06. The summed E-state index contributed by atoms with van der Waals surface area (Å²) in [6.45, 7) is 2.74. The minimum Gasteiger partial charge on any atom is -0.496 e. The van der Waals surface area contributed by atoms with Gasteiger partial charge in [-0.15, -0.1) is 0 Å². The van der Waals surface area contributed by atoms with Crippen molar-refractivity contribution in [2.45, 2.75) is 57.5 Å². The van der Waals surface area contributed by atoms with Crippen molar-refractivity contribution >= 4 is 12.0 Å². The van der Waals surface area contributed by atoms with E-state index in [1.165, 1.54) is 55.7 Å². The molecule has 39 heavy (non-hydrogen) atoms. The molecule has 202 valence electrons. The molecule has 7 rings (SSSR count). The predicted molar refractivity (Wildman–Crippen MR) is 155 cm³/mol. The maximum Gasteiger partial charge on any atom is 0.330 e. The molecule has 4 nitrogen and oxygen atoms in total. The topological polar surface area (TPSA) is 44.8 Å². The van der Waals surface area contributed by atoms with E-state index in [9.17, 15) is 4.79 Å². The highest BCUT2D eigenvalue weighted by molar-refractivity contribution is 5.87. The average molecular weight is 523 g/mol. The Bertz CT molecular complexity index is 1320. The molecule has 4 heteroatoms. The van der Waals surface area contributed by atoms with E-state index in [2.05, 4.69) is 48.5 Å². The highest BCUT2D eigenvalue weighted by atomic mass is 16.5. The Hall–Kier alpha value is -3.53. The Morgan fingerprint density at radius 1 is 0.897 bits per heavy atom. The summed E-state index contributed by atoms with van der Waals surface area (Å²) >= 11 is 0. The van der Waals surface area contributed by atoms with Crippen LogP contribution in [0.25, 0.3) is 17.2 Å². The van der Waals surface area contributed by atoms with E-state index in [1.807, 2.05) is 25.1 Å². The van der Waals surface area contributed by atoms with Crippen molar-refractivity contribution in [3.63, 3.8) is 0 Å². The van der Waals surface area contributed by atoms with Crippen LogP contribution in [0.3, 0.4) is 0 Å². The van der Waals surface area contributed by atoms with E-state index in [4.69, 9.17) is 14.2 Å². The van der Waals surface area contributed by atoms with Crippen LogP contribution in [0.2, 0.25) is 0 Å². The number of benzene rings is 3. The van der Waals surface area contributed by atoms with Crippen LogP contribution < -0.4 is 9.47 Å². The SMILES string of the molecule is CCOC(=O)/C=C/c1ccc(OC)c(-c2ccc(OCc3ccccc3)c(C34CC5CC(CC(C5)C3)C4)c2)c1. The second-order valence-corrected chi connectivity index (χ2v) is 11.7. The van der Waals surface area contributed by atoms with Gasteiger partial charge in [-0.3, -0.25) is 0 Å². The van der Waals surface area contributed by atoms with Crippen molar-refractivity contribution in [1.29, 1.82) is 0 Å². The van der Waals surface area contributed by atoms with Gasteiger partial charge in [-0.1, -0.05) is 42.5 Å². The minimum absolute atomic E-state index is 0.186. The lowest BCUT2D eigenvalue weighted by Gasteiger charge is -2.57. The van der Waals surface area contributed by atoms with Crippen LogP contribution in [-0.4, -0.2) is 19.7 Å². The van der Waals surface area contributed by atoms with Gasteiger partial charge in [-0.05, 0) is 116 Å². The number of hydrogen-bond donors (Lipinski definition) is 0. The quantitative estimate of drug-likeness (QED) is 0.211. The standard InChI is InChI=1S/C35H38O4/c1-3-38-34(36)14-10-24-9-12-32(37-2)30(18-24)29-11-13-33(39-23-25-7-5-4-6-8-25)31(19-29)35-20-26-15-27(21-35)17-28(16-26)22-35/h4-14,18-19,26-28H,3,15-17,20-23H2,1-2H3/b14-10+. The first-order valence-electron chi connectivity index (χ1n) is 14.4. The van der Waals surface area contributed by atoms with Crippen LogP contribution in [0.4, 0.5) is 0 Å². The molecule has 0 radical (unpaired) electrons. The normalized spacial score (nSPS) is 25.1. The summed E-state index contributed by atoms with van der Waals surface area (Å²) in [4.78, 5) is 11.9. The molecule has 0 aromatic heterocycles. The van der Waals surface area contributed by atoms with Gasteiger partial charge in [-0.2, -0.15) is 0 Å². The summed E-state index contributed by atoms with van der Waals surface area (Å²) in [6, 6.07) is 23.2. The zero-order valence-electron chi connectivity index (χ0n) is 23.0.